The molecule has 5 heteroatoms. The van der Waals surface area contributed by atoms with E-state index in [-0.39, 0.29) is 0 Å². The van der Waals surface area contributed by atoms with Crippen molar-refractivity contribution in [1.82, 2.24) is 3.12 Å². The molecular weight excluding hydrogens is 263 g/mol. The summed E-state index contributed by atoms with van der Waals surface area (Å²) < 4.78 is 1.69. The SMILES string of the molecule is C[N](C)[Sn]([Cl])([Cl])[Cl]. The second kappa shape index (κ2) is 2.97. The summed E-state index contributed by atoms with van der Waals surface area (Å²) in [5, 5.41) is 0. The van der Waals surface area contributed by atoms with Crippen molar-refractivity contribution in [2.75, 3.05) is 14.1 Å². The average molecular weight is 269 g/mol. The van der Waals surface area contributed by atoms with Gasteiger partial charge in [0.15, 0.2) is 0 Å². The Balaban J connectivity index is 3.54. The Labute approximate surface area is 58.9 Å². The molecule has 0 N–H and O–H groups in total. The van der Waals surface area contributed by atoms with E-state index in [4.69, 9.17) is 26.8 Å². The molecule has 0 rings (SSSR count). The van der Waals surface area contributed by atoms with Gasteiger partial charge in [-0.25, -0.2) is 0 Å². The van der Waals surface area contributed by atoms with Gasteiger partial charge in [0.05, 0.1) is 0 Å². The topological polar surface area (TPSA) is 3.24 Å². The summed E-state index contributed by atoms with van der Waals surface area (Å²) >= 11 is -3.12. The van der Waals surface area contributed by atoms with Gasteiger partial charge in [-0.3, -0.25) is 0 Å². The first-order valence-electron chi connectivity index (χ1n) is 1.68. The van der Waals surface area contributed by atoms with Crippen molar-refractivity contribution in [3.63, 3.8) is 0 Å². The van der Waals surface area contributed by atoms with Crippen LogP contribution < -0.4 is 0 Å². The van der Waals surface area contributed by atoms with Gasteiger partial charge in [0.1, 0.15) is 0 Å². The summed E-state index contributed by atoms with van der Waals surface area (Å²) in [6.07, 6.45) is 0. The third-order valence-corrected chi connectivity index (χ3v) is 10.2. The predicted octanol–water partition coefficient (Wildman–Crippen LogP) is 1.70. The van der Waals surface area contributed by atoms with Crippen LogP contribution in [0, 0.1) is 0 Å². The summed E-state index contributed by atoms with van der Waals surface area (Å²) in [6.45, 7) is 0. The molecule has 0 aromatic heterocycles. The zero-order valence-electron chi connectivity index (χ0n) is 4.08. The molecule has 0 aromatic rings. The molecule has 0 heterocycles. The summed E-state index contributed by atoms with van der Waals surface area (Å²) in [7, 11) is 20.2. The van der Waals surface area contributed by atoms with E-state index in [0.29, 0.717) is 0 Å². The van der Waals surface area contributed by atoms with Crippen LogP contribution in [0.4, 0.5) is 0 Å². The molecule has 0 spiro atoms. The van der Waals surface area contributed by atoms with E-state index in [0.717, 1.165) is 0 Å². The molecule has 0 saturated carbocycles. The van der Waals surface area contributed by atoms with Gasteiger partial charge in [-0.2, -0.15) is 0 Å². The van der Waals surface area contributed by atoms with Crippen LogP contribution in [-0.2, 0) is 0 Å². The molecule has 0 fully saturated rings. The zero-order chi connectivity index (χ0) is 6.08. The van der Waals surface area contributed by atoms with Gasteiger partial charge in [0, 0.05) is 0 Å². The molecule has 0 aromatic carbocycles. The Kier molecular flexibility index (Phi) is 3.66. The van der Waals surface area contributed by atoms with Crippen LogP contribution in [0.25, 0.3) is 0 Å². The Morgan fingerprint density at radius 2 is 1.29 bits per heavy atom. The average Bonchev–Trinajstić information content (AvgIpc) is 1.31. The molecule has 0 atom stereocenters. The van der Waals surface area contributed by atoms with E-state index in [1.807, 2.05) is 0 Å². The van der Waals surface area contributed by atoms with Crippen molar-refractivity contribution in [1.29, 1.82) is 0 Å². The molecule has 0 unspecified atom stereocenters. The second-order valence-electron chi connectivity index (χ2n) is 1.36. The fraction of sp³-hybridized carbons (Fsp3) is 1.00. The summed E-state index contributed by atoms with van der Waals surface area (Å²) in [5.41, 5.74) is 0. The standard InChI is InChI=1S/C2H6N.3ClH.Sn/c1-3-2;;;;/h1-2H3;3*1H;/q-1;;;;+4/p-3. The van der Waals surface area contributed by atoms with Crippen molar-refractivity contribution < 1.29 is 0 Å². The molecule has 0 bridgehead atoms. The quantitative estimate of drug-likeness (QED) is 0.655. The molecule has 0 radical (unpaired) electrons. The molecule has 0 amide bonds. The number of nitrogens with zero attached hydrogens (tertiary/aromatic N) is 1. The molecule has 0 aliphatic heterocycles. The molecule has 0 saturated heterocycles. The van der Waals surface area contributed by atoms with Crippen molar-refractivity contribution in [3.8, 4) is 0 Å². The van der Waals surface area contributed by atoms with Gasteiger partial charge in [0.2, 0.25) is 0 Å². The Hall–Kier alpha value is 1.63. The summed E-state index contributed by atoms with van der Waals surface area (Å²) in [4.78, 5) is 0. The van der Waals surface area contributed by atoms with Crippen LogP contribution in [-0.4, -0.2) is 32.5 Å². The molecule has 0 aliphatic carbocycles. The van der Waals surface area contributed by atoms with Crippen LogP contribution >= 0.6 is 26.8 Å². The first kappa shape index (κ1) is 8.63. The first-order chi connectivity index (χ1) is 2.94. The summed E-state index contributed by atoms with van der Waals surface area (Å²) in [6, 6.07) is 0. The molecule has 1 nitrogen and oxygen atoms in total. The van der Waals surface area contributed by atoms with Gasteiger partial charge < -0.3 is 0 Å². The zero-order valence-corrected chi connectivity index (χ0v) is 9.20. The molecule has 7 heavy (non-hydrogen) atoms. The van der Waals surface area contributed by atoms with Gasteiger partial charge in [-0.1, -0.05) is 0 Å². The second-order valence-corrected chi connectivity index (χ2v) is 21.5. The van der Waals surface area contributed by atoms with Gasteiger partial charge >= 0.3 is 59.3 Å². The Morgan fingerprint density at radius 1 is 1.14 bits per heavy atom. The van der Waals surface area contributed by atoms with Crippen molar-refractivity contribution in [2.45, 2.75) is 0 Å². The number of hydrogen-bond donors (Lipinski definition) is 0. The maximum atomic E-state index is 5.53. The van der Waals surface area contributed by atoms with Gasteiger partial charge in [-0.05, 0) is 0 Å². The van der Waals surface area contributed by atoms with Gasteiger partial charge in [-0.15, -0.1) is 0 Å². The number of hydrogen-bond acceptors (Lipinski definition) is 1. The van der Waals surface area contributed by atoms with E-state index < -0.39 is 15.3 Å². The summed E-state index contributed by atoms with van der Waals surface area (Å²) in [5.74, 6) is 0. The van der Waals surface area contributed by atoms with E-state index in [1.54, 1.807) is 17.2 Å². The van der Waals surface area contributed by atoms with Crippen LogP contribution in [0.2, 0.25) is 0 Å². The maximum absolute atomic E-state index is 5.53. The fourth-order valence-corrected chi connectivity index (χ4v) is 0. The third kappa shape index (κ3) is 4.15. The van der Waals surface area contributed by atoms with Crippen LogP contribution in [0.1, 0.15) is 0 Å². The van der Waals surface area contributed by atoms with Crippen LogP contribution in [0.3, 0.4) is 0 Å². The normalized spacial score (nSPS) is 12.9. The molecule has 44 valence electrons. The third-order valence-electron chi connectivity index (χ3n) is 0.507. The Morgan fingerprint density at radius 3 is 1.29 bits per heavy atom. The Bertz CT molecular complexity index is 58.4. The fourth-order valence-electron chi connectivity index (χ4n) is 0. The number of rotatable bonds is 1. The molecular formula is C2H6Cl3NSn. The van der Waals surface area contributed by atoms with E-state index >= 15 is 0 Å². The first-order valence-corrected chi connectivity index (χ1v) is 13.8. The van der Waals surface area contributed by atoms with Crippen LogP contribution in [0.5, 0.6) is 0 Å². The minimum atomic E-state index is -3.12. The van der Waals surface area contributed by atoms with Crippen molar-refractivity contribution >= 4 is 42.0 Å². The van der Waals surface area contributed by atoms with E-state index in [9.17, 15) is 0 Å². The van der Waals surface area contributed by atoms with E-state index in [1.165, 1.54) is 0 Å². The number of halogens is 3. The predicted molar refractivity (Wildman–Crippen MR) is 37.0 cm³/mol. The van der Waals surface area contributed by atoms with Crippen molar-refractivity contribution in [2.24, 2.45) is 0 Å². The van der Waals surface area contributed by atoms with Crippen molar-refractivity contribution in [3.05, 3.63) is 0 Å². The minimum absolute atomic E-state index is 1.69. The monoisotopic (exact) mass is 269 g/mol. The van der Waals surface area contributed by atoms with Gasteiger partial charge in [0.25, 0.3) is 0 Å². The molecule has 0 aliphatic rings. The van der Waals surface area contributed by atoms with E-state index in [2.05, 4.69) is 0 Å². The van der Waals surface area contributed by atoms with Crippen LogP contribution in [0.15, 0.2) is 0 Å².